The number of hydrogen-bond donors (Lipinski definition) is 0. The maximum absolute atomic E-state index is 13.0. The Kier molecular flexibility index (Phi) is 4.91. The molecular weight excluding hydrogens is 320 g/mol. The molecule has 0 spiro atoms. The van der Waals surface area contributed by atoms with Crippen molar-refractivity contribution in [2.75, 3.05) is 6.61 Å². The molecule has 0 aliphatic carbocycles. The molecule has 1 aromatic rings. The molecule has 0 heterocycles. The average Bonchev–Trinajstić information content (AvgIpc) is 2.35. The van der Waals surface area contributed by atoms with Gasteiger partial charge in [-0.1, -0.05) is 0 Å². The van der Waals surface area contributed by atoms with Gasteiger partial charge in [0.25, 0.3) is 0 Å². The Morgan fingerprint density at radius 3 is 2.23 bits per heavy atom. The zero-order valence-corrected chi connectivity index (χ0v) is 10.8. The molecule has 0 fully saturated rings. The molecule has 0 saturated carbocycles. The van der Waals surface area contributed by atoms with Crippen LogP contribution in [0, 0.1) is 11.3 Å². The first kappa shape index (κ1) is 17.6. The minimum Gasteiger partial charge on any atom is -0.462 e. The van der Waals surface area contributed by atoms with E-state index in [9.17, 15) is 31.1 Å². The van der Waals surface area contributed by atoms with Crippen molar-refractivity contribution in [3.05, 3.63) is 28.8 Å². The van der Waals surface area contributed by atoms with Gasteiger partial charge < -0.3 is 9.47 Å². The molecule has 0 aliphatic rings. The van der Waals surface area contributed by atoms with Crippen LogP contribution in [0.15, 0.2) is 12.1 Å². The number of ether oxygens (including phenoxy) is 2. The summed E-state index contributed by atoms with van der Waals surface area (Å²) in [5, 5.41) is 8.68. The van der Waals surface area contributed by atoms with Crippen LogP contribution in [0.25, 0.3) is 0 Å². The first-order chi connectivity index (χ1) is 10.0. The number of carbonyl (C=O) groups is 1. The van der Waals surface area contributed by atoms with Gasteiger partial charge in [0, 0.05) is 0 Å². The van der Waals surface area contributed by atoms with Crippen LogP contribution in [0.3, 0.4) is 0 Å². The highest BCUT2D eigenvalue weighted by Gasteiger charge is 2.42. The quantitative estimate of drug-likeness (QED) is 0.628. The molecule has 1 rings (SSSR count). The van der Waals surface area contributed by atoms with Crippen molar-refractivity contribution in [2.45, 2.75) is 19.5 Å². The van der Waals surface area contributed by atoms with Crippen LogP contribution in [-0.2, 0) is 10.9 Å². The Bertz CT molecular complexity index is 615. The molecule has 10 heteroatoms. The van der Waals surface area contributed by atoms with Crippen LogP contribution in [0.2, 0.25) is 0 Å². The third-order valence-corrected chi connectivity index (χ3v) is 2.28. The topological polar surface area (TPSA) is 59.3 Å². The third kappa shape index (κ3) is 4.03. The standard InChI is InChI=1S/C12H7F6NO3/c1-2-21-10(20)8-7(22-12(16,17)18)4-3-6(5-19)9(8)11(13,14)15/h3-4H,2H2,1H3. The van der Waals surface area contributed by atoms with Crippen molar-refractivity contribution in [2.24, 2.45) is 0 Å². The summed E-state index contributed by atoms with van der Waals surface area (Å²) in [6, 6.07) is 2.10. The van der Waals surface area contributed by atoms with Crippen molar-refractivity contribution >= 4 is 5.97 Å². The van der Waals surface area contributed by atoms with E-state index in [1.807, 2.05) is 0 Å². The van der Waals surface area contributed by atoms with E-state index in [1.54, 1.807) is 0 Å². The van der Waals surface area contributed by atoms with Gasteiger partial charge in [0.15, 0.2) is 0 Å². The summed E-state index contributed by atoms with van der Waals surface area (Å²) in [6.07, 6.45) is -10.6. The van der Waals surface area contributed by atoms with Gasteiger partial charge in [-0.2, -0.15) is 18.4 Å². The smallest absolute Gasteiger partial charge is 0.462 e. The fourth-order valence-corrected chi connectivity index (χ4v) is 1.59. The summed E-state index contributed by atoms with van der Waals surface area (Å²) in [7, 11) is 0. The summed E-state index contributed by atoms with van der Waals surface area (Å²) >= 11 is 0. The number of esters is 1. The van der Waals surface area contributed by atoms with Gasteiger partial charge >= 0.3 is 18.5 Å². The van der Waals surface area contributed by atoms with E-state index in [0.717, 1.165) is 6.07 Å². The summed E-state index contributed by atoms with van der Waals surface area (Å²) in [5.41, 5.74) is -4.36. The fourth-order valence-electron chi connectivity index (χ4n) is 1.59. The summed E-state index contributed by atoms with van der Waals surface area (Å²) < 4.78 is 83.6. The molecule has 0 saturated heterocycles. The number of hydrogen-bond acceptors (Lipinski definition) is 4. The van der Waals surface area contributed by atoms with Gasteiger partial charge in [0.1, 0.15) is 11.3 Å². The summed E-state index contributed by atoms with van der Waals surface area (Å²) in [6.45, 7) is 0.877. The zero-order chi connectivity index (χ0) is 17.1. The van der Waals surface area contributed by atoms with Gasteiger partial charge in [-0.25, -0.2) is 4.79 Å². The predicted molar refractivity (Wildman–Crippen MR) is 58.8 cm³/mol. The molecule has 0 radical (unpaired) electrons. The number of rotatable bonds is 3. The molecule has 1 aromatic carbocycles. The number of nitriles is 1. The maximum Gasteiger partial charge on any atom is 0.573 e. The number of carbonyl (C=O) groups excluding carboxylic acids is 1. The van der Waals surface area contributed by atoms with Crippen molar-refractivity contribution in [1.82, 2.24) is 0 Å². The minimum absolute atomic E-state index is 0.377. The first-order valence-corrected chi connectivity index (χ1v) is 5.58. The van der Waals surface area contributed by atoms with Gasteiger partial charge in [-0.15, -0.1) is 13.2 Å². The van der Waals surface area contributed by atoms with Crippen LogP contribution < -0.4 is 4.74 Å². The third-order valence-electron chi connectivity index (χ3n) is 2.28. The lowest BCUT2D eigenvalue weighted by molar-refractivity contribution is -0.274. The number of alkyl halides is 6. The van der Waals surface area contributed by atoms with Crippen LogP contribution in [0.4, 0.5) is 26.3 Å². The summed E-state index contributed by atoms with van der Waals surface area (Å²) in [5.74, 6) is -3.07. The monoisotopic (exact) mass is 327 g/mol. The van der Waals surface area contributed by atoms with E-state index < -0.39 is 40.9 Å². The fraction of sp³-hybridized carbons (Fsp3) is 0.333. The molecule has 22 heavy (non-hydrogen) atoms. The largest absolute Gasteiger partial charge is 0.573 e. The van der Waals surface area contributed by atoms with Gasteiger partial charge in [-0.05, 0) is 19.1 Å². The van der Waals surface area contributed by atoms with E-state index in [1.165, 1.54) is 6.92 Å². The molecule has 0 bridgehead atoms. The van der Waals surface area contributed by atoms with Crippen molar-refractivity contribution in [3.63, 3.8) is 0 Å². The lowest BCUT2D eigenvalue weighted by Crippen LogP contribution is -2.23. The molecule has 0 atom stereocenters. The average molecular weight is 327 g/mol. The minimum atomic E-state index is -5.32. The Morgan fingerprint density at radius 2 is 1.82 bits per heavy atom. The van der Waals surface area contributed by atoms with E-state index >= 15 is 0 Å². The molecule has 120 valence electrons. The van der Waals surface area contributed by atoms with E-state index in [-0.39, 0.29) is 6.61 Å². The number of nitrogens with zero attached hydrogens (tertiary/aromatic N) is 1. The predicted octanol–water partition coefficient (Wildman–Crippen LogP) is 3.65. The Morgan fingerprint density at radius 1 is 1.23 bits per heavy atom. The van der Waals surface area contributed by atoms with Crippen LogP contribution in [-0.4, -0.2) is 18.9 Å². The van der Waals surface area contributed by atoms with Crippen LogP contribution >= 0.6 is 0 Å². The number of benzene rings is 1. The van der Waals surface area contributed by atoms with E-state index in [0.29, 0.717) is 12.1 Å². The van der Waals surface area contributed by atoms with E-state index in [2.05, 4.69) is 9.47 Å². The molecule has 0 unspecified atom stereocenters. The molecule has 0 aliphatic heterocycles. The molecule has 0 amide bonds. The second-order valence-electron chi connectivity index (χ2n) is 3.74. The van der Waals surface area contributed by atoms with E-state index in [4.69, 9.17) is 5.26 Å². The van der Waals surface area contributed by atoms with Crippen LogP contribution in [0.5, 0.6) is 5.75 Å². The lowest BCUT2D eigenvalue weighted by Gasteiger charge is -2.18. The first-order valence-electron chi connectivity index (χ1n) is 5.58. The second-order valence-corrected chi connectivity index (χ2v) is 3.74. The summed E-state index contributed by atoms with van der Waals surface area (Å²) in [4.78, 5) is 11.6. The van der Waals surface area contributed by atoms with Gasteiger partial charge in [0.05, 0.1) is 23.8 Å². The van der Waals surface area contributed by atoms with Crippen molar-refractivity contribution in [3.8, 4) is 11.8 Å². The molecule has 4 nitrogen and oxygen atoms in total. The highest BCUT2D eigenvalue weighted by molar-refractivity contribution is 5.95. The van der Waals surface area contributed by atoms with Crippen molar-refractivity contribution < 1.29 is 40.6 Å². The highest BCUT2D eigenvalue weighted by atomic mass is 19.4. The Hall–Kier alpha value is -2.44. The highest BCUT2D eigenvalue weighted by Crippen LogP contribution is 2.40. The van der Waals surface area contributed by atoms with Crippen LogP contribution in [0.1, 0.15) is 28.4 Å². The Balaban J connectivity index is 3.67. The maximum atomic E-state index is 13.0. The second kappa shape index (κ2) is 6.13. The number of halogens is 6. The Labute approximate surface area is 119 Å². The van der Waals surface area contributed by atoms with Gasteiger partial charge in [0.2, 0.25) is 0 Å². The SMILES string of the molecule is CCOC(=O)c1c(OC(F)(F)F)ccc(C#N)c1C(F)(F)F. The zero-order valence-electron chi connectivity index (χ0n) is 10.8. The van der Waals surface area contributed by atoms with Crippen molar-refractivity contribution in [1.29, 1.82) is 5.26 Å². The normalized spacial score (nSPS) is 11.7. The van der Waals surface area contributed by atoms with Gasteiger partial charge in [-0.3, -0.25) is 0 Å². The molecule has 0 aromatic heterocycles. The molecular formula is C12H7F6NO3. The lowest BCUT2D eigenvalue weighted by atomic mass is 10.00. The molecule has 0 N–H and O–H groups in total.